The fourth-order valence-corrected chi connectivity index (χ4v) is 3.06. The molecule has 1 atom stereocenters. The van der Waals surface area contributed by atoms with Crippen LogP contribution in [0.25, 0.3) is 0 Å². The van der Waals surface area contributed by atoms with Crippen LogP contribution in [-0.2, 0) is 6.42 Å². The first-order chi connectivity index (χ1) is 8.11. The van der Waals surface area contributed by atoms with Crippen LogP contribution < -0.4 is 10.6 Å². The molecule has 1 aliphatic heterocycles. The summed E-state index contributed by atoms with van der Waals surface area (Å²) in [5, 5.41) is 0.657. The van der Waals surface area contributed by atoms with Crippen LogP contribution in [0.4, 0.5) is 11.6 Å². The molecule has 1 aromatic rings. The van der Waals surface area contributed by atoms with E-state index in [9.17, 15) is 0 Å². The van der Waals surface area contributed by atoms with Crippen molar-refractivity contribution < 1.29 is 0 Å². The molecule has 2 rings (SSSR count). The summed E-state index contributed by atoms with van der Waals surface area (Å²) >= 11 is 2.02. The van der Waals surface area contributed by atoms with Gasteiger partial charge in [-0.2, -0.15) is 11.8 Å². The topological polar surface area (TPSA) is 55.0 Å². The standard InChI is InChI=1S/C12H20N4S/c1-4-10-14-11(13)9(3)12(15-10)16-5-6-17-8(2)7-16/h8H,4-7H2,1-3H3,(H2,13,14,15). The molecular formula is C12H20N4S. The molecule has 0 spiro atoms. The van der Waals surface area contributed by atoms with Gasteiger partial charge in [0.05, 0.1) is 0 Å². The Morgan fingerprint density at radius 1 is 1.47 bits per heavy atom. The molecule has 0 saturated carbocycles. The number of anilines is 2. The normalized spacial score (nSPS) is 20.6. The summed E-state index contributed by atoms with van der Waals surface area (Å²) in [6.45, 7) is 8.43. The number of rotatable bonds is 2. The number of hydrogen-bond acceptors (Lipinski definition) is 5. The summed E-state index contributed by atoms with van der Waals surface area (Å²) in [5.74, 6) is 3.65. The Labute approximate surface area is 107 Å². The van der Waals surface area contributed by atoms with E-state index >= 15 is 0 Å². The van der Waals surface area contributed by atoms with Gasteiger partial charge in [-0.3, -0.25) is 0 Å². The summed E-state index contributed by atoms with van der Waals surface area (Å²) in [7, 11) is 0. The second kappa shape index (κ2) is 5.12. The molecule has 0 radical (unpaired) electrons. The highest BCUT2D eigenvalue weighted by Crippen LogP contribution is 2.27. The quantitative estimate of drug-likeness (QED) is 0.871. The largest absolute Gasteiger partial charge is 0.383 e. The van der Waals surface area contributed by atoms with E-state index < -0.39 is 0 Å². The van der Waals surface area contributed by atoms with Crippen molar-refractivity contribution in [1.29, 1.82) is 0 Å². The summed E-state index contributed by atoms with van der Waals surface area (Å²) in [4.78, 5) is 11.3. The molecule has 5 heteroatoms. The molecule has 0 aromatic carbocycles. The zero-order chi connectivity index (χ0) is 12.4. The van der Waals surface area contributed by atoms with Crippen LogP contribution in [0.1, 0.15) is 25.2 Å². The molecule has 0 bridgehead atoms. The summed E-state index contributed by atoms with van der Waals surface area (Å²) in [6.07, 6.45) is 0.829. The van der Waals surface area contributed by atoms with Gasteiger partial charge in [0.1, 0.15) is 17.5 Å². The monoisotopic (exact) mass is 252 g/mol. The lowest BCUT2D eigenvalue weighted by Crippen LogP contribution is -2.38. The summed E-state index contributed by atoms with van der Waals surface area (Å²) in [5.41, 5.74) is 6.97. The van der Waals surface area contributed by atoms with Crippen molar-refractivity contribution in [3.63, 3.8) is 0 Å². The van der Waals surface area contributed by atoms with Gasteiger partial charge in [0.15, 0.2) is 0 Å². The van der Waals surface area contributed by atoms with Crippen molar-refractivity contribution in [3.05, 3.63) is 11.4 Å². The van der Waals surface area contributed by atoms with E-state index in [1.54, 1.807) is 0 Å². The van der Waals surface area contributed by atoms with E-state index in [2.05, 4.69) is 28.7 Å². The third-order valence-corrected chi connectivity index (χ3v) is 4.20. The SMILES string of the molecule is CCc1nc(N)c(C)c(N2CCSC(C)C2)n1. The number of nitrogens with two attached hydrogens (primary N) is 1. The Hall–Kier alpha value is -0.970. The third kappa shape index (κ3) is 2.65. The van der Waals surface area contributed by atoms with E-state index in [-0.39, 0.29) is 0 Å². The molecular weight excluding hydrogens is 232 g/mol. The van der Waals surface area contributed by atoms with Gasteiger partial charge in [-0.05, 0) is 6.92 Å². The Kier molecular flexibility index (Phi) is 3.76. The van der Waals surface area contributed by atoms with Crippen LogP contribution in [0.3, 0.4) is 0 Å². The predicted molar refractivity (Wildman–Crippen MR) is 74.7 cm³/mol. The molecule has 1 aromatic heterocycles. The second-order valence-corrected chi connectivity index (χ2v) is 6.00. The highest BCUT2D eigenvalue weighted by atomic mass is 32.2. The number of thioether (sulfide) groups is 1. The molecule has 2 N–H and O–H groups in total. The van der Waals surface area contributed by atoms with Gasteiger partial charge in [-0.25, -0.2) is 9.97 Å². The lowest BCUT2D eigenvalue weighted by atomic mass is 10.2. The lowest BCUT2D eigenvalue weighted by Gasteiger charge is -2.32. The Balaban J connectivity index is 2.33. The van der Waals surface area contributed by atoms with Crippen LogP contribution in [-0.4, -0.2) is 34.1 Å². The van der Waals surface area contributed by atoms with Crippen LogP contribution in [0.15, 0.2) is 0 Å². The molecule has 1 fully saturated rings. The van der Waals surface area contributed by atoms with Gasteiger partial charge in [0.2, 0.25) is 0 Å². The van der Waals surface area contributed by atoms with E-state index in [4.69, 9.17) is 5.73 Å². The van der Waals surface area contributed by atoms with Gasteiger partial charge < -0.3 is 10.6 Å². The minimum Gasteiger partial charge on any atom is -0.383 e. The number of hydrogen-bond donors (Lipinski definition) is 1. The predicted octanol–water partition coefficient (Wildman–Crippen LogP) is 1.87. The molecule has 0 amide bonds. The van der Waals surface area contributed by atoms with Crippen molar-refractivity contribution in [1.82, 2.24) is 9.97 Å². The van der Waals surface area contributed by atoms with Crippen LogP contribution >= 0.6 is 11.8 Å². The maximum Gasteiger partial charge on any atom is 0.137 e. The average Bonchev–Trinajstić information content (AvgIpc) is 2.32. The molecule has 2 heterocycles. The minimum absolute atomic E-state index is 0.623. The smallest absolute Gasteiger partial charge is 0.137 e. The summed E-state index contributed by atoms with van der Waals surface area (Å²) in [6, 6.07) is 0. The first kappa shape index (κ1) is 12.5. The molecule has 4 nitrogen and oxygen atoms in total. The Morgan fingerprint density at radius 2 is 2.24 bits per heavy atom. The highest BCUT2D eigenvalue weighted by Gasteiger charge is 2.21. The minimum atomic E-state index is 0.623. The van der Waals surface area contributed by atoms with Gasteiger partial charge in [-0.1, -0.05) is 13.8 Å². The number of nitrogens with zero attached hydrogens (tertiary/aromatic N) is 3. The molecule has 17 heavy (non-hydrogen) atoms. The van der Waals surface area contributed by atoms with Crippen LogP contribution in [0.5, 0.6) is 0 Å². The maximum absolute atomic E-state index is 5.96. The third-order valence-electron chi connectivity index (χ3n) is 3.06. The van der Waals surface area contributed by atoms with E-state index in [1.807, 2.05) is 18.7 Å². The first-order valence-corrected chi connectivity index (χ1v) is 7.16. The zero-order valence-corrected chi connectivity index (χ0v) is 11.5. The molecule has 1 unspecified atom stereocenters. The van der Waals surface area contributed by atoms with Crippen LogP contribution in [0.2, 0.25) is 0 Å². The van der Waals surface area contributed by atoms with Crippen LogP contribution in [0, 0.1) is 6.92 Å². The fourth-order valence-electron chi connectivity index (χ4n) is 2.05. The van der Waals surface area contributed by atoms with Gasteiger partial charge >= 0.3 is 0 Å². The number of aromatic nitrogens is 2. The molecule has 0 aliphatic carbocycles. The van der Waals surface area contributed by atoms with Crippen molar-refractivity contribution in [2.24, 2.45) is 0 Å². The summed E-state index contributed by atoms with van der Waals surface area (Å²) < 4.78 is 0. The lowest BCUT2D eigenvalue weighted by molar-refractivity contribution is 0.757. The van der Waals surface area contributed by atoms with E-state index in [0.29, 0.717) is 11.1 Å². The number of nitrogen functional groups attached to an aromatic ring is 1. The second-order valence-electron chi connectivity index (χ2n) is 4.45. The van der Waals surface area contributed by atoms with Crippen molar-refractivity contribution in [2.45, 2.75) is 32.4 Å². The van der Waals surface area contributed by atoms with Crippen molar-refractivity contribution >= 4 is 23.4 Å². The zero-order valence-electron chi connectivity index (χ0n) is 10.7. The average molecular weight is 252 g/mol. The highest BCUT2D eigenvalue weighted by molar-refractivity contribution is 8.00. The Bertz CT molecular complexity index is 408. The van der Waals surface area contributed by atoms with Gasteiger partial charge in [0, 0.05) is 36.1 Å². The van der Waals surface area contributed by atoms with E-state index in [0.717, 1.165) is 42.5 Å². The molecule has 1 saturated heterocycles. The maximum atomic E-state index is 5.96. The first-order valence-electron chi connectivity index (χ1n) is 6.11. The van der Waals surface area contributed by atoms with Crippen molar-refractivity contribution in [2.75, 3.05) is 29.5 Å². The van der Waals surface area contributed by atoms with Gasteiger partial charge in [0.25, 0.3) is 0 Å². The molecule has 94 valence electrons. The van der Waals surface area contributed by atoms with Gasteiger partial charge in [-0.15, -0.1) is 0 Å². The molecule has 1 aliphatic rings. The Morgan fingerprint density at radius 3 is 2.88 bits per heavy atom. The fraction of sp³-hybridized carbons (Fsp3) is 0.667. The van der Waals surface area contributed by atoms with E-state index in [1.165, 1.54) is 0 Å². The number of aryl methyl sites for hydroxylation is 1. The van der Waals surface area contributed by atoms with Crippen molar-refractivity contribution in [3.8, 4) is 0 Å².